The van der Waals surface area contributed by atoms with Crippen molar-refractivity contribution in [2.45, 2.75) is 6.04 Å². The van der Waals surface area contributed by atoms with Gasteiger partial charge in [0.25, 0.3) is 0 Å². The van der Waals surface area contributed by atoms with Crippen LogP contribution < -0.4 is 11.1 Å². The Labute approximate surface area is 101 Å². The highest BCUT2D eigenvalue weighted by Crippen LogP contribution is 2.15. The number of aliphatic hydroxyl groups excluding tert-OH is 3. The SMILES string of the molecule is N[C@@H](CO)C(=O)NCC1=C(O)C(=O)C=C(O)C1=O. The van der Waals surface area contributed by atoms with Gasteiger partial charge in [-0.1, -0.05) is 0 Å². The lowest BCUT2D eigenvalue weighted by atomic mass is 10.00. The molecule has 1 aliphatic rings. The molecule has 0 aromatic rings. The van der Waals surface area contributed by atoms with Crippen LogP contribution in [0.4, 0.5) is 0 Å². The number of carbonyl (C=O) groups is 3. The lowest BCUT2D eigenvalue weighted by Crippen LogP contribution is -2.44. The van der Waals surface area contributed by atoms with Crippen molar-refractivity contribution in [1.82, 2.24) is 5.32 Å². The minimum atomic E-state index is -1.17. The molecule has 1 amide bonds. The Morgan fingerprint density at radius 2 is 2.00 bits per heavy atom. The van der Waals surface area contributed by atoms with Crippen LogP contribution in [0.5, 0.6) is 0 Å². The Morgan fingerprint density at radius 3 is 2.56 bits per heavy atom. The van der Waals surface area contributed by atoms with Gasteiger partial charge in [0.2, 0.25) is 17.5 Å². The van der Waals surface area contributed by atoms with E-state index in [4.69, 9.17) is 15.9 Å². The third-order valence-electron chi connectivity index (χ3n) is 2.27. The monoisotopic (exact) mass is 256 g/mol. The van der Waals surface area contributed by atoms with Crippen LogP contribution in [-0.4, -0.2) is 52.0 Å². The molecule has 0 spiro atoms. The second kappa shape index (κ2) is 5.43. The number of allylic oxidation sites excluding steroid dienone is 2. The number of amides is 1. The molecule has 1 aliphatic carbocycles. The average molecular weight is 256 g/mol. The molecular weight excluding hydrogens is 244 g/mol. The molecule has 8 heteroatoms. The Bertz CT molecular complexity index is 465. The minimum Gasteiger partial charge on any atom is -0.504 e. The maximum Gasteiger partial charge on any atom is 0.239 e. The molecule has 6 N–H and O–H groups in total. The largest absolute Gasteiger partial charge is 0.504 e. The number of Topliss-reactive ketones (excluding diaryl/α,β-unsaturated/α-hetero) is 1. The van der Waals surface area contributed by atoms with Gasteiger partial charge < -0.3 is 26.4 Å². The molecule has 0 unspecified atom stereocenters. The second-order valence-corrected chi connectivity index (χ2v) is 3.56. The van der Waals surface area contributed by atoms with Gasteiger partial charge in [-0.25, -0.2) is 0 Å². The summed E-state index contributed by atoms with van der Waals surface area (Å²) in [7, 11) is 0. The van der Waals surface area contributed by atoms with Gasteiger partial charge in [-0.15, -0.1) is 0 Å². The third kappa shape index (κ3) is 2.73. The maximum absolute atomic E-state index is 11.4. The number of hydrogen-bond donors (Lipinski definition) is 5. The van der Waals surface area contributed by atoms with Crippen LogP contribution in [0.15, 0.2) is 23.2 Å². The highest BCUT2D eigenvalue weighted by molar-refractivity contribution is 6.20. The van der Waals surface area contributed by atoms with Crippen LogP contribution in [0.1, 0.15) is 0 Å². The van der Waals surface area contributed by atoms with Crippen LogP contribution in [0, 0.1) is 0 Å². The van der Waals surface area contributed by atoms with Gasteiger partial charge in [0.05, 0.1) is 18.7 Å². The van der Waals surface area contributed by atoms with E-state index in [2.05, 4.69) is 5.32 Å². The second-order valence-electron chi connectivity index (χ2n) is 3.56. The average Bonchev–Trinajstić information content (AvgIpc) is 2.35. The van der Waals surface area contributed by atoms with E-state index in [-0.39, 0.29) is 0 Å². The van der Waals surface area contributed by atoms with Crippen LogP contribution in [0.2, 0.25) is 0 Å². The highest BCUT2D eigenvalue weighted by Gasteiger charge is 2.28. The summed E-state index contributed by atoms with van der Waals surface area (Å²) in [6.07, 6.45) is 0.586. The predicted octanol–water partition coefficient (Wildman–Crippen LogP) is -2.17. The summed E-state index contributed by atoms with van der Waals surface area (Å²) >= 11 is 0. The van der Waals surface area contributed by atoms with E-state index in [0.717, 1.165) is 0 Å². The molecule has 98 valence electrons. The van der Waals surface area contributed by atoms with E-state index in [9.17, 15) is 19.5 Å². The molecule has 0 heterocycles. The number of nitrogens with one attached hydrogen (secondary N) is 1. The molecule has 0 aromatic carbocycles. The maximum atomic E-state index is 11.4. The lowest BCUT2D eigenvalue weighted by Gasteiger charge is -2.14. The number of ketones is 2. The molecule has 1 rings (SSSR count). The van der Waals surface area contributed by atoms with Crippen molar-refractivity contribution in [1.29, 1.82) is 0 Å². The molecule has 1 atom stereocenters. The predicted molar refractivity (Wildman–Crippen MR) is 58.5 cm³/mol. The molecule has 0 fully saturated rings. The summed E-state index contributed by atoms with van der Waals surface area (Å²) in [6.45, 7) is -1.06. The summed E-state index contributed by atoms with van der Waals surface area (Å²) in [6, 6.07) is -1.17. The Hall–Kier alpha value is -2.19. The molecule has 8 nitrogen and oxygen atoms in total. The van der Waals surface area contributed by atoms with E-state index < -0.39 is 53.8 Å². The third-order valence-corrected chi connectivity index (χ3v) is 2.27. The Morgan fingerprint density at radius 1 is 1.39 bits per heavy atom. The fourth-order valence-electron chi connectivity index (χ4n) is 1.22. The topological polar surface area (TPSA) is 150 Å². The van der Waals surface area contributed by atoms with Crippen molar-refractivity contribution in [3.05, 3.63) is 23.2 Å². The van der Waals surface area contributed by atoms with Gasteiger partial charge >= 0.3 is 0 Å². The lowest BCUT2D eigenvalue weighted by molar-refractivity contribution is -0.123. The summed E-state index contributed by atoms with van der Waals surface area (Å²) in [4.78, 5) is 33.8. The van der Waals surface area contributed by atoms with Gasteiger partial charge in [-0.2, -0.15) is 0 Å². The first-order valence-corrected chi connectivity index (χ1v) is 4.94. The number of carbonyl (C=O) groups excluding carboxylic acids is 3. The van der Waals surface area contributed by atoms with Gasteiger partial charge in [-0.3, -0.25) is 14.4 Å². The standard InChI is InChI=1S/C10H12N2O6/c11-5(3-13)10(18)12-2-4-8(16)6(14)1-7(15)9(4)17/h1,5,13-14,17H,2-3,11H2,(H,12,18)/t5-/m0/s1. The fraction of sp³-hybridized carbons (Fsp3) is 0.300. The first kappa shape index (κ1) is 13.9. The normalized spacial score (nSPS) is 17.6. The van der Waals surface area contributed by atoms with Crippen molar-refractivity contribution >= 4 is 17.5 Å². The molecule has 0 bridgehead atoms. The zero-order valence-corrected chi connectivity index (χ0v) is 9.21. The first-order chi connectivity index (χ1) is 8.38. The smallest absolute Gasteiger partial charge is 0.239 e. The van der Waals surface area contributed by atoms with Gasteiger partial charge in [0, 0.05) is 6.08 Å². The van der Waals surface area contributed by atoms with Crippen LogP contribution >= 0.6 is 0 Å². The van der Waals surface area contributed by atoms with Crippen molar-refractivity contribution in [3.8, 4) is 0 Å². The number of nitrogens with two attached hydrogens (primary N) is 1. The molecular formula is C10H12N2O6. The Kier molecular flexibility index (Phi) is 4.18. The zero-order chi connectivity index (χ0) is 13.9. The quantitative estimate of drug-likeness (QED) is 0.359. The van der Waals surface area contributed by atoms with E-state index in [1.54, 1.807) is 0 Å². The van der Waals surface area contributed by atoms with Crippen molar-refractivity contribution in [2.24, 2.45) is 5.73 Å². The van der Waals surface area contributed by atoms with Gasteiger partial charge in [0.1, 0.15) is 6.04 Å². The summed E-state index contributed by atoms with van der Waals surface area (Å²) in [5.74, 6) is -4.29. The zero-order valence-electron chi connectivity index (χ0n) is 9.21. The first-order valence-electron chi connectivity index (χ1n) is 4.94. The van der Waals surface area contributed by atoms with E-state index in [1.165, 1.54) is 0 Å². The Balaban J connectivity index is 2.78. The molecule has 0 saturated carbocycles. The molecule has 0 aliphatic heterocycles. The van der Waals surface area contributed by atoms with E-state index >= 15 is 0 Å². The van der Waals surface area contributed by atoms with Crippen LogP contribution in [0.25, 0.3) is 0 Å². The summed E-state index contributed by atoms with van der Waals surface area (Å²) in [5.41, 5.74) is 4.77. The molecule has 0 saturated heterocycles. The van der Waals surface area contributed by atoms with Gasteiger partial charge in [0.15, 0.2) is 11.5 Å². The minimum absolute atomic E-state index is 0.432. The van der Waals surface area contributed by atoms with Crippen molar-refractivity contribution < 1.29 is 29.7 Å². The molecule has 0 radical (unpaired) electrons. The number of aliphatic hydroxyl groups is 3. The number of hydrogen-bond acceptors (Lipinski definition) is 7. The summed E-state index contributed by atoms with van der Waals surface area (Å²) in [5, 5.41) is 29.2. The van der Waals surface area contributed by atoms with E-state index in [0.29, 0.717) is 6.08 Å². The fourth-order valence-corrected chi connectivity index (χ4v) is 1.22. The van der Waals surface area contributed by atoms with Crippen molar-refractivity contribution in [3.63, 3.8) is 0 Å². The molecule has 18 heavy (non-hydrogen) atoms. The van der Waals surface area contributed by atoms with Gasteiger partial charge in [-0.05, 0) is 0 Å². The number of rotatable bonds is 4. The van der Waals surface area contributed by atoms with Crippen molar-refractivity contribution in [2.75, 3.05) is 13.2 Å². The molecule has 0 aromatic heterocycles. The van der Waals surface area contributed by atoms with E-state index in [1.807, 2.05) is 0 Å². The summed E-state index contributed by atoms with van der Waals surface area (Å²) < 4.78 is 0. The highest BCUT2D eigenvalue weighted by atomic mass is 16.3. The van der Waals surface area contributed by atoms with Crippen LogP contribution in [-0.2, 0) is 14.4 Å². The van der Waals surface area contributed by atoms with Crippen LogP contribution in [0.3, 0.4) is 0 Å².